The van der Waals surface area contributed by atoms with Gasteiger partial charge in [-0.15, -0.1) is 0 Å². The Morgan fingerprint density at radius 2 is 2.07 bits per heavy atom. The molecule has 0 aliphatic rings. The summed E-state index contributed by atoms with van der Waals surface area (Å²) in [4.78, 5) is 0.336. The minimum Gasteiger partial charge on any atom is -0.211 e. The van der Waals surface area contributed by atoms with Crippen molar-refractivity contribution in [1.82, 2.24) is 4.72 Å². The van der Waals surface area contributed by atoms with Crippen molar-refractivity contribution in [3.8, 4) is 0 Å². The fourth-order valence-corrected chi connectivity index (χ4v) is 2.92. The van der Waals surface area contributed by atoms with Crippen molar-refractivity contribution >= 4 is 26.0 Å². The molecule has 14 heavy (non-hydrogen) atoms. The van der Waals surface area contributed by atoms with Crippen LogP contribution in [-0.2, 0) is 10.0 Å². The molecule has 0 aliphatic heterocycles. The Balaban J connectivity index is 3.20. The Morgan fingerprint density at radius 1 is 1.43 bits per heavy atom. The van der Waals surface area contributed by atoms with Crippen molar-refractivity contribution < 1.29 is 8.42 Å². The lowest BCUT2D eigenvalue weighted by Crippen LogP contribution is -2.23. The highest BCUT2D eigenvalue weighted by molar-refractivity contribution is 9.10. The third-order valence-corrected chi connectivity index (χ3v) is 3.96. The Bertz CT molecular complexity index is 428. The quantitative estimate of drug-likeness (QED) is 0.919. The summed E-state index contributed by atoms with van der Waals surface area (Å²) in [5.41, 5.74) is 0.736. The number of sulfonamides is 1. The summed E-state index contributed by atoms with van der Waals surface area (Å²) in [7, 11) is -3.33. The van der Waals surface area contributed by atoms with Gasteiger partial charge < -0.3 is 0 Å². The van der Waals surface area contributed by atoms with Gasteiger partial charge in [-0.3, -0.25) is 0 Å². The van der Waals surface area contributed by atoms with Gasteiger partial charge in [-0.1, -0.05) is 22.9 Å². The number of benzene rings is 1. The molecule has 3 nitrogen and oxygen atoms in total. The van der Waals surface area contributed by atoms with Crippen molar-refractivity contribution in [2.75, 3.05) is 6.54 Å². The lowest BCUT2D eigenvalue weighted by Gasteiger charge is -2.07. The molecule has 0 aromatic heterocycles. The first-order valence-corrected chi connectivity index (χ1v) is 6.51. The summed E-state index contributed by atoms with van der Waals surface area (Å²) in [5.74, 6) is 0. The largest absolute Gasteiger partial charge is 0.240 e. The lowest BCUT2D eigenvalue weighted by atomic mass is 10.2. The maximum absolute atomic E-state index is 11.6. The van der Waals surface area contributed by atoms with Crippen LogP contribution < -0.4 is 4.72 Å². The number of aryl methyl sites for hydroxylation is 1. The van der Waals surface area contributed by atoms with E-state index in [-0.39, 0.29) is 0 Å². The van der Waals surface area contributed by atoms with E-state index in [2.05, 4.69) is 20.7 Å². The third kappa shape index (κ3) is 2.56. The molecular formula is C9H12BrNO2S. The van der Waals surface area contributed by atoms with Crippen LogP contribution in [0.2, 0.25) is 0 Å². The highest BCUT2D eigenvalue weighted by atomic mass is 79.9. The summed E-state index contributed by atoms with van der Waals surface area (Å²) in [6.07, 6.45) is 0. The fraction of sp³-hybridized carbons (Fsp3) is 0.333. The number of halogens is 1. The van der Waals surface area contributed by atoms with E-state index in [9.17, 15) is 8.42 Å². The maximum Gasteiger partial charge on any atom is 0.240 e. The number of nitrogens with one attached hydrogen (secondary N) is 1. The molecule has 1 aromatic rings. The van der Waals surface area contributed by atoms with Crippen LogP contribution in [0, 0.1) is 6.92 Å². The van der Waals surface area contributed by atoms with E-state index in [0.29, 0.717) is 11.4 Å². The van der Waals surface area contributed by atoms with Crippen LogP contribution in [0.25, 0.3) is 0 Å². The highest BCUT2D eigenvalue weighted by Crippen LogP contribution is 2.19. The average molecular weight is 278 g/mol. The molecule has 0 amide bonds. The molecule has 0 heterocycles. The van der Waals surface area contributed by atoms with Gasteiger partial charge in [0.05, 0.1) is 4.90 Å². The van der Waals surface area contributed by atoms with E-state index in [0.717, 1.165) is 10.0 Å². The average Bonchev–Trinajstić information content (AvgIpc) is 2.02. The minimum atomic E-state index is -3.33. The SMILES string of the molecule is CCNS(=O)(=O)c1ccc(Br)cc1C. The van der Waals surface area contributed by atoms with Crippen LogP contribution in [0.15, 0.2) is 27.6 Å². The fourth-order valence-electron chi connectivity index (χ4n) is 1.18. The molecule has 0 bridgehead atoms. The van der Waals surface area contributed by atoms with Crippen molar-refractivity contribution in [3.63, 3.8) is 0 Å². The van der Waals surface area contributed by atoms with Gasteiger partial charge >= 0.3 is 0 Å². The Hall–Kier alpha value is -0.390. The predicted octanol–water partition coefficient (Wildman–Crippen LogP) is 2.06. The Labute approximate surface area is 92.7 Å². The summed E-state index contributed by atoms with van der Waals surface area (Å²) in [6.45, 7) is 3.93. The van der Waals surface area contributed by atoms with Crippen LogP contribution in [0.5, 0.6) is 0 Å². The van der Waals surface area contributed by atoms with E-state index in [1.54, 1.807) is 32.0 Å². The Morgan fingerprint density at radius 3 is 2.57 bits per heavy atom. The minimum absolute atomic E-state index is 0.336. The summed E-state index contributed by atoms with van der Waals surface area (Å²) >= 11 is 3.29. The number of rotatable bonds is 3. The van der Waals surface area contributed by atoms with Crippen molar-refractivity contribution in [2.24, 2.45) is 0 Å². The smallest absolute Gasteiger partial charge is 0.211 e. The van der Waals surface area contributed by atoms with Gasteiger partial charge in [-0.2, -0.15) is 0 Å². The van der Waals surface area contributed by atoms with Gasteiger partial charge in [0.1, 0.15) is 0 Å². The highest BCUT2D eigenvalue weighted by Gasteiger charge is 2.14. The van der Waals surface area contributed by atoms with Crippen LogP contribution in [-0.4, -0.2) is 15.0 Å². The van der Waals surface area contributed by atoms with Crippen LogP contribution in [0.4, 0.5) is 0 Å². The van der Waals surface area contributed by atoms with Gasteiger partial charge in [0.15, 0.2) is 0 Å². The molecule has 1 N–H and O–H groups in total. The molecule has 0 unspecified atom stereocenters. The molecule has 78 valence electrons. The summed E-state index contributed by atoms with van der Waals surface area (Å²) in [6, 6.07) is 5.10. The van der Waals surface area contributed by atoms with E-state index < -0.39 is 10.0 Å². The van der Waals surface area contributed by atoms with Crippen LogP contribution >= 0.6 is 15.9 Å². The van der Waals surface area contributed by atoms with Gasteiger partial charge in [-0.05, 0) is 30.7 Å². The molecule has 0 fully saturated rings. The standard InChI is InChI=1S/C9H12BrNO2S/c1-3-11-14(12,13)9-5-4-8(10)6-7(9)2/h4-6,11H,3H2,1-2H3. The third-order valence-electron chi connectivity index (χ3n) is 1.76. The van der Waals surface area contributed by atoms with Gasteiger partial charge in [-0.25, -0.2) is 13.1 Å². The first-order valence-electron chi connectivity index (χ1n) is 4.23. The second kappa shape index (κ2) is 4.42. The molecule has 0 radical (unpaired) electrons. The van der Waals surface area contributed by atoms with Gasteiger partial charge in [0.2, 0.25) is 10.0 Å². The van der Waals surface area contributed by atoms with Gasteiger partial charge in [0.25, 0.3) is 0 Å². The first kappa shape index (κ1) is 11.7. The van der Waals surface area contributed by atoms with Crippen molar-refractivity contribution in [1.29, 1.82) is 0 Å². The molecule has 1 rings (SSSR count). The topological polar surface area (TPSA) is 46.2 Å². The second-order valence-electron chi connectivity index (χ2n) is 2.91. The number of hydrogen-bond donors (Lipinski definition) is 1. The van der Waals surface area contributed by atoms with E-state index in [1.807, 2.05) is 0 Å². The zero-order valence-electron chi connectivity index (χ0n) is 8.04. The first-order chi connectivity index (χ1) is 6.47. The lowest BCUT2D eigenvalue weighted by molar-refractivity contribution is 0.583. The molecule has 5 heteroatoms. The monoisotopic (exact) mass is 277 g/mol. The maximum atomic E-state index is 11.6. The molecule has 1 aromatic carbocycles. The predicted molar refractivity (Wildman–Crippen MR) is 59.7 cm³/mol. The zero-order chi connectivity index (χ0) is 10.8. The normalized spacial score (nSPS) is 11.6. The van der Waals surface area contributed by atoms with E-state index in [4.69, 9.17) is 0 Å². The van der Waals surface area contributed by atoms with Crippen molar-refractivity contribution in [3.05, 3.63) is 28.2 Å². The van der Waals surface area contributed by atoms with E-state index >= 15 is 0 Å². The molecule has 0 spiro atoms. The molecule has 0 atom stereocenters. The van der Waals surface area contributed by atoms with E-state index in [1.165, 1.54) is 0 Å². The molecule has 0 saturated heterocycles. The van der Waals surface area contributed by atoms with Crippen molar-refractivity contribution in [2.45, 2.75) is 18.7 Å². The van der Waals surface area contributed by atoms with Crippen LogP contribution in [0.1, 0.15) is 12.5 Å². The van der Waals surface area contributed by atoms with Gasteiger partial charge in [0, 0.05) is 11.0 Å². The molecule has 0 saturated carbocycles. The van der Waals surface area contributed by atoms with Crippen LogP contribution in [0.3, 0.4) is 0 Å². The summed E-state index contributed by atoms with van der Waals surface area (Å²) < 4.78 is 26.6. The molecular weight excluding hydrogens is 266 g/mol. The second-order valence-corrected chi connectivity index (χ2v) is 5.56. The Kier molecular flexibility index (Phi) is 3.69. The zero-order valence-corrected chi connectivity index (χ0v) is 10.4. The molecule has 0 aliphatic carbocycles. The summed E-state index contributed by atoms with van der Waals surface area (Å²) in [5, 5.41) is 0. The number of hydrogen-bond acceptors (Lipinski definition) is 2.